The monoisotopic (exact) mass is 356 g/mol. The molecule has 4 nitrogen and oxygen atoms in total. The van der Waals surface area contributed by atoms with Crippen LogP contribution in [0.25, 0.3) is 0 Å². The van der Waals surface area contributed by atoms with Crippen molar-refractivity contribution in [3.63, 3.8) is 0 Å². The van der Waals surface area contributed by atoms with Crippen molar-refractivity contribution < 1.29 is 9.59 Å². The molecule has 0 saturated heterocycles. The van der Waals surface area contributed by atoms with E-state index in [1.165, 1.54) is 16.0 Å². The number of nitrogens with zero attached hydrogens (tertiary/aromatic N) is 1. The van der Waals surface area contributed by atoms with Gasteiger partial charge in [0.25, 0.3) is 0 Å². The summed E-state index contributed by atoms with van der Waals surface area (Å²) in [5.74, 6) is 0.414. The minimum atomic E-state index is -0.112. The molecule has 0 unspecified atom stereocenters. The van der Waals surface area contributed by atoms with Gasteiger partial charge in [0.2, 0.25) is 11.8 Å². The highest BCUT2D eigenvalue weighted by atomic mass is 32.1. The van der Waals surface area contributed by atoms with Crippen molar-refractivity contribution >= 4 is 28.8 Å². The van der Waals surface area contributed by atoms with Crippen LogP contribution in [0.2, 0.25) is 0 Å². The van der Waals surface area contributed by atoms with Crippen molar-refractivity contribution in [1.82, 2.24) is 4.90 Å². The van der Waals surface area contributed by atoms with E-state index in [-0.39, 0.29) is 24.7 Å². The van der Waals surface area contributed by atoms with Crippen LogP contribution in [0.3, 0.4) is 0 Å². The Morgan fingerprint density at radius 1 is 1.16 bits per heavy atom. The lowest BCUT2D eigenvalue weighted by Crippen LogP contribution is -2.35. The number of carbonyl (C=O) groups excluding carboxylic acids is 2. The van der Waals surface area contributed by atoms with E-state index >= 15 is 0 Å². The topological polar surface area (TPSA) is 49.4 Å². The van der Waals surface area contributed by atoms with Crippen LogP contribution in [0, 0.1) is 0 Å². The van der Waals surface area contributed by atoms with Crippen LogP contribution in [0.5, 0.6) is 0 Å². The van der Waals surface area contributed by atoms with Gasteiger partial charge in [-0.1, -0.05) is 26.0 Å². The second kappa shape index (κ2) is 7.83. The average Bonchev–Trinajstić information content (AvgIpc) is 3.07. The van der Waals surface area contributed by atoms with Crippen LogP contribution < -0.4 is 5.32 Å². The van der Waals surface area contributed by atoms with Gasteiger partial charge in [-0.2, -0.15) is 0 Å². The molecular weight excluding hydrogens is 332 g/mol. The molecule has 0 fully saturated rings. The molecule has 0 atom stereocenters. The number of fused-ring (bicyclic) bond motifs is 1. The Bertz CT molecular complexity index is 749. The smallest absolute Gasteiger partial charge is 0.224 e. The quantitative estimate of drug-likeness (QED) is 0.874. The van der Waals surface area contributed by atoms with Gasteiger partial charge in [-0.3, -0.25) is 9.59 Å². The number of carbonyl (C=O) groups is 2. The number of rotatable bonds is 5. The number of benzene rings is 1. The lowest BCUT2D eigenvalue weighted by atomic mass is 10.0. The number of amides is 2. The van der Waals surface area contributed by atoms with E-state index in [4.69, 9.17) is 0 Å². The van der Waals surface area contributed by atoms with E-state index in [1.807, 2.05) is 29.2 Å². The molecule has 1 aromatic carbocycles. The fraction of sp³-hybridized carbons (Fsp3) is 0.400. The first kappa shape index (κ1) is 17.7. The first-order valence-electron chi connectivity index (χ1n) is 8.76. The lowest BCUT2D eigenvalue weighted by Gasteiger charge is -2.27. The number of thiophene rings is 1. The standard InChI is InChI=1S/C20H24N2O2S/c1-14(2)15-3-5-17(6-4-15)21-19(23)7-8-20(24)22-11-9-18-16(13-22)10-12-25-18/h3-6,10,12,14H,7-9,11,13H2,1-2H3,(H,21,23). The molecule has 0 bridgehead atoms. The highest BCUT2D eigenvalue weighted by molar-refractivity contribution is 7.10. The number of hydrogen-bond donors (Lipinski definition) is 1. The van der Waals surface area contributed by atoms with Crippen molar-refractivity contribution in [3.05, 3.63) is 51.7 Å². The highest BCUT2D eigenvalue weighted by Crippen LogP contribution is 2.24. The third-order valence-electron chi connectivity index (χ3n) is 4.59. The Morgan fingerprint density at radius 2 is 1.92 bits per heavy atom. The molecule has 5 heteroatoms. The molecule has 1 aliphatic heterocycles. The maximum Gasteiger partial charge on any atom is 0.224 e. The van der Waals surface area contributed by atoms with E-state index in [9.17, 15) is 9.59 Å². The van der Waals surface area contributed by atoms with Gasteiger partial charge in [-0.05, 0) is 47.0 Å². The van der Waals surface area contributed by atoms with Crippen molar-refractivity contribution in [2.24, 2.45) is 0 Å². The van der Waals surface area contributed by atoms with Crippen LogP contribution >= 0.6 is 11.3 Å². The molecule has 2 aromatic rings. The van der Waals surface area contributed by atoms with Gasteiger partial charge < -0.3 is 10.2 Å². The fourth-order valence-corrected chi connectivity index (χ4v) is 3.90. The predicted octanol–water partition coefficient (Wildman–Crippen LogP) is 4.18. The molecule has 0 spiro atoms. The Labute approximate surface area is 152 Å². The highest BCUT2D eigenvalue weighted by Gasteiger charge is 2.21. The van der Waals surface area contributed by atoms with Gasteiger partial charge in [0.1, 0.15) is 0 Å². The zero-order valence-electron chi connectivity index (χ0n) is 14.7. The molecule has 1 aliphatic rings. The van der Waals surface area contributed by atoms with Gasteiger partial charge in [-0.15, -0.1) is 11.3 Å². The minimum Gasteiger partial charge on any atom is -0.338 e. The maximum atomic E-state index is 12.4. The second-order valence-corrected chi connectivity index (χ2v) is 7.76. The predicted molar refractivity (Wildman–Crippen MR) is 102 cm³/mol. The van der Waals surface area contributed by atoms with Crippen LogP contribution in [0.15, 0.2) is 35.7 Å². The summed E-state index contributed by atoms with van der Waals surface area (Å²) in [5, 5.41) is 4.95. The molecule has 0 saturated carbocycles. The zero-order chi connectivity index (χ0) is 17.8. The normalized spacial score (nSPS) is 13.6. The summed E-state index contributed by atoms with van der Waals surface area (Å²) >= 11 is 1.76. The van der Waals surface area contributed by atoms with Gasteiger partial charge in [0.05, 0.1) is 0 Å². The van der Waals surface area contributed by atoms with Gasteiger partial charge in [0, 0.05) is 36.5 Å². The summed E-state index contributed by atoms with van der Waals surface area (Å²) in [6.45, 7) is 5.71. The van der Waals surface area contributed by atoms with Crippen molar-refractivity contribution in [2.45, 2.75) is 45.6 Å². The average molecular weight is 356 g/mol. The van der Waals surface area contributed by atoms with Crippen molar-refractivity contribution in [1.29, 1.82) is 0 Å². The third kappa shape index (κ3) is 4.48. The van der Waals surface area contributed by atoms with Gasteiger partial charge in [0.15, 0.2) is 0 Å². The lowest BCUT2D eigenvalue weighted by molar-refractivity contribution is -0.133. The van der Waals surface area contributed by atoms with E-state index in [2.05, 4.69) is 30.6 Å². The molecule has 1 N–H and O–H groups in total. The molecule has 2 amide bonds. The maximum absolute atomic E-state index is 12.4. The number of hydrogen-bond acceptors (Lipinski definition) is 3. The Morgan fingerprint density at radius 3 is 2.64 bits per heavy atom. The molecule has 3 rings (SSSR count). The molecule has 1 aromatic heterocycles. The summed E-state index contributed by atoms with van der Waals surface area (Å²) in [7, 11) is 0. The summed E-state index contributed by atoms with van der Waals surface area (Å²) in [6, 6.07) is 9.97. The van der Waals surface area contributed by atoms with Crippen LogP contribution in [-0.2, 0) is 22.6 Å². The second-order valence-electron chi connectivity index (χ2n) is 6.76. The first-order chi connectivity index (χ1) is 12.0. The molecule has 132 valence electrons. The molecule has 2 heterocycles. The van der Waals surface area contributed by atoms with E-state index < -0.39 is 0 Å². The Kier molecular flexibility index (Phi) is 5.53. The SMILES string of the molecule is CC(C)c1ccc(NC(=O)CCC(=O)N2CCc3sccc3C2)cc1. The van der Waals surface area contributed by atoms with Crippen molar-refractivity contribution in [2.75, 3.05) is 11.9 Å². The molecule has 0 radical (unpaired) electrons. The van der Waals surface area contributed by atoms with Crippen molar-refractivity contribution in [3.8, 4) is 0 Å². The Balaban J connectivity index is 1.46. The Hall–Kier alpha value is -2.14. The van der Waals surface area contributed by atoms with E-state index in [0.29, 0.717) is 12.5 Å². The van der Waals surface area contributed by atoms with Gasteiger partial charge >= 0.3 is 0 Å². The van der Waals surface area contributed by atoms with E-state index in [1.54, 1.807) is 11.3 Å². The summed E-state index contributed by atoms with van der Waals surface area (Å²) < 4.78 is 0. The van der Waals surface area contributed by atoms with Crippen LogP contribution in [0.4, 0.5) is 5.69 Å². The molecular formula is C20H24N2O2S. The first-order valence-corrected chi connectivity index (χ1v) is 9.63. The van der Waals surface area contributed by atoms with Gasteiger partial charge in [-0.25, -0.2) is 0 Å². The molecule has 25 heavy (non-hydrogen) atoms. The summed E-state index contributed by atoms with van der Waals surface area (Å²) in [6.07, 6.45) is 1.40. The number of anilines is 1. The minimum absolute atomic E-state index is 0.0576. The zero-order valence-corrected chi connectivity index (χ0v) is 15.6. The molecule has 0 aliphatic carbocycles. The number of nitrogens with one attached hydrogen (secondary N) is 1. The summed E-state index contributed by atoms with van der Waals surface area (Å²) in [5.41, 5.74) is 3.27. The fourth-order valence-electron chi connectivity index (χ4n) is 3.01. The van der Waals surface area contributed by atoms with E-state index in [0.717, 1.165) is 18.7 Å². The van der Waals surface area contributed by atoms with Crippen LogP contribution in [-0.4, -0.2) is 23.3 Å². The third-order valence-corrected chi connectivity index (χ3v) is 5.61. The van der Waals surface area contributed by atoms with Crippen LogP contribution in [0.1, 0.15) is 48.6 Å². The summed E-state index contributed by atoms with van der Waals surface area (Å²) in [4.78, 5) is 27.7. The largest absolute Gasteiger partial charge is 0.338 e.